The van der Waals surface area contributed by atoms with Gasteiger partial charge in [0, 0.05) is 10.7 Å². The summed E-state index contributed by atoms with van der Waals surface area (Å²) >= 11 is 3.28. The molecular formula is C13H11BrF2N2. The first kappa shape index (κ1) is 13.0. The Morgan fingerprint density at radius 1 is 1.17 bits per heavy atom. The third-order valence-electron chi connectivity index (χ3n) is 2.57. The SMILES string of the molecule is Cc1cc(Br)cnc1Nc1c(F)ccc(C)c1F. The normalized spacial score (nSPS) is 10.5. The van der Waals surface area contributed by atoms with Gasteiger partial charge in [0.05, 0.1) is 0 Å². The van der Waals surface area contributed by atoms with E-state index in [0.29, 0.717) is 11.4 Å². The van der Waals surface area contributed by atoms with E-state index in [2.05, 4.69) is 26.2 Å². The summed E-state index contributed by atoms with van der Waals surface area (Å²) in [5.41, 5.74) is 1.01. The van der Waals surface area contributed by atoms with Crippen molar-refractivity contribution in [3.63, 3.8) is 0 Å². The van der Waals surface area contributed by atoms with E-state index in [9.17, 15) is 8.78 Å². The fraction of sp³-hybridized carbons (Fsp3) is 0.154. The Hall–Kier alpha value is -1.49. The molecule has 18 heavy (non-hydrogen) atoms. The highest BCUT2D eigenvalue weighted by Gasteiger charge is 2.13. The summed E-state index contributed by atoms with van der Waals surface area (Å²) in [6.07, 6.45) is 1.57. The van der Waals surface area contributed by atoms with Crippen LogP contribution in [0.1, 0.15) is 11.1 Å². The monoisotopic (exact) mass is 312 g/mol. The van der Waals surface area contributed by atoms with Gasteiger partial charge in [-0.1, -0.05) is 6.07 Å². The van der Waals surface area contributed by atoms with Crippen molar-refractivity contribution in [2.45, 2.75) is 13.8 Å². The molecule has 0 aliphatic rings. The van der Waals surface area contributed by atoms with E-state index in [1.807, 2.05) is 13.0 Å². The Morgan fingerprint density at radius 2 is 1.89 bits per heavy atom. The van der Waals surface area contributed by atoms with Crippen LogP contribution in [0.15, 0.2) is 28.9 Å². The van der Waals surface area contributed by atoms with Gasteiger partial charge in [0.2, 0.25) is 0 Å². The molecule has 1 aromatic carbocycles. The number of hydrogen-bond acceptors (Lipinski definition) is 2. The predicted octanol–water partition coefficient (Wildman–Crippen LogP) is 4.48. The Kier molecular flexibility index (Phi) is 3.61. The van der Waals surface area contributed by atoms with Gasteiger partial charge in [-0.25, -0.2) is 13.8 Å². The lowest BCUT2D eigenvalue weighted by Crippen LogP contribution is -2.02. The van der Waals surface area contributed by atoms with E-state index in [4.69, 9.17) is 0 Å². The van der Waals surface area contributed by atoms with E-state index in [0.717, 1.165) is 10.0 Å². The van der Waals surface area contributed by atoms with Crippen molar-refractivity contribution < 1.29 is 8.78 Å². The van der Waals surface area contributed by atoms with Gasteiger partial charge in [-0.15, -0.1) is 0 Å². The van der Waals surface area contributed by atoms with Crippen LogP contribution in [0.4, 0.5) is 20.3 Å². The van der Waals surface area contributed by atoms with Gasteiger partial charge >= 0.3 is 0 Å². The van der Waals surface area contributed by atoms with Gasteiger partial charge in [0.25, 0.3) is 0 Å². The van der Waals surface area contributed by atoms with Crippen LogP contribution in [0.25, 0.3) is 0 Å². The number of nitrogens with zero attached hydrogens (tertiary/aromatic N) is 1. The molecule has 1 aromatic heterocycles. The first-order chi connectivity index (χ1) is 8.49. The number of pyridine rings is 1. The van der Waals surface area contributed by atoms with Crippen LogP contribution in [-0.4, -0.2) is 4.98 Å². The standard InChI is InChI=1S/C13H11BrF2N2/c1-7-3-4-10(15)12(11(7)16)18-13-8(2)5-9(14)6-17-13/h3-6H,1-2H3,(H,17,18). The van der Waals surface area contributed by atoms with E-state index in [1.54, 1.807) is 13.1 Å². The maximum atomic E-state index is 13.8. The first-order valence-electron chi connectivity index (χ1n) is 5.33. The average Bonchev–Trinajstić information content (AvgIpc) is 2.32. The Labute approximate surface area is 112 Å². The van der Waals surface area contributed by atoms with Gasteiger partial charge in [-0.3, -0.25) is 0 Å². The molecule has 0 atom stereocenters. The van der Waals surface area contributed by atoms with E-state index in [-0.39, 0.29) is 5.69 Å². The smallest absolute Gasteiger partial charge is 0.152 e. The van der Waals surface area contributed by atoms with Crippen molar-refractivity contribution in [3.05, 3.63) is 51.6 Å². The zero-order valence-electron chi connectivity index (χ0n) is 9.89. The number of nitrogens with one attached hydrogen (secondary N) is 1. The lowest BCUT2D eigenvalue weighted by molar-refractivity contribution is 0.584. The van der Waals surface area contributed by atoms with Crippen LogP contribution >= 0.6 is 15.9 Å². The number of benzene rings is 1. The van der Waals surface area contributed by atoms with Crippen molar-refractivity contribution in [2.24, 2.45) is 0 Å². The molecule has 1 heterocycles. The van der Waals surface area contributed by atoms with Crippen LogP contribution in [-0.2, 0) is 0 Å². The number of aryl methyl sites for hydroxylation is 2. The molecule has 2 nitrogen and oxygen atoms in total. The molecule has 0 bridgehead atoms. The Morgan fingerprint density at radius 3 is 2.56 bits per heavy atom. The quantitative estimate of drug-likeness (QED) is 0.884. The molecule has 2 rings (SSSR count). The Bertz CT molecular complexity index is 600. The molecule has 0 aliphatic carbocycles. The highest BCUT2D eigenvalue weighted by Crippen LogP contribution is 2.26. The second kappa shape index (κ2) is 5.02. The predicted molar refractivity (Wildman–Crippen MR) is 71.1 cm³/mol. The number of halogens is 3. The van der Waals surface area contributed by atoms with Gasteiger partial charge in [-0.05, 0) is 53.0 Å². The molecule has 0 amide bonds. The molecule has 0 unspecified atom stereocenters. The summed E-state index contributed by atoms with van der Waals surface area (Å²) in [5.74, 6) is -0.803. The van der Waals surface area contributed by atoms with E-state index in [1.165, 1.54) is 12.1 Å². The summed E-state index contributed by atoms with van der Waals surface area (Å²) in [5, 5.41) is 2.69. The lowest BCUT2D eigenvalue weighted by Gasteiger charge is -2.11. The third kappa shape index (κ3) is 2.51. The molecule has 2 aromatic rings. The lowest BCUT2D eigenvalue weighted by atomic mass is 10.2. The zero-order chi connectivity index (χ0) is 13.3. The van der Waals surface area contributed by atoms with Gasteiger partial charge < -0.3 is 5.32 Å². The van der Waals surface area contributed by atoms with E-state index >= 15 is 0 Å². The summed E-state index contributed by atoms with van der Waals surface area (Å²) in [6, 6.07) is 4.45. The molecule has 94 valence electrons. The average molecular weight is 313 g/mol. The van der Waals surface area contributed by atoms with Crippen molar-refractivity contribution in [3.8, 4) is 0 Å². The fourth-order valence-electron chi connectivity index (χ4n) is 1.56. The second-order valence-electron chi connectivity index (χ2n) is 4.00. The van der Waals surface area contributed by atoms with Crippen LogP contribution in [0.5, 0.6) is 0 Å². The summed E-state index contributed by atoms with van der Waals surface area (Å²) in [6.45, 7) is 3.40. The molecule has 0 fully saturated rings. The van der Waals surface area contributed by atoms with Crippen molar-refractivity contribution in [2.75, 3.05) is 5.32 Å². The minimum absolute atomic E-state index is 0.173. The molecule has 0 radical (unpaired) electrons. The highest BCUT2D eigenvalue weighted by molar-refractivity contribution is 9.10. The van der Waals surface area contributed by atoms with Gasteiger partial charge in [0.1, 0.15) is 17.3 Å². The maximum absolute atomic E-state index is 13.8. The number of aromatic nitrogens is 1. The van der Waals surface area contributed by atoms with Crippen molar-refractivity contribution >= 4 is 27.4 Å². The van der Waals surface area contributed by atoms with Gasteiger partial charge in [0.15, 0.2) is 5.82 Å². The largest absolute Gasteiger partial charge is 0.335 e. The van der Waals surface area contributed by atoms with Crippen molar-refractivity contribution in [1.82, 2.24) is 4.98 Å². The topological polar surface area (TPSA) is 24.9 Å². The van der Waals surface area contributed by atoms with Crippen LogP contribution in [0, 0.1) is 25.5 Å². The van der Waals surface area contributed by atoms with Crippen LogP contribution in [0.2, 0.25) is 0 Å². The molecule has 0 saturated heterocycles. The number of rotatable bonds is 2. The maximum Gasteiger partial charge on any atom is 0.152 e. The van der Waals surface area contributed by atoms with Gasteiger partial charge in [-0.2, -0.15) is 0 Å². The fourth-order valence-corrected chi connectivity index (χ4v) is 2.01. The van der Waals surface area contributed by atoms with Crippen molar-refractivity contribution in [1.29, 1.82) is 0 Å². The molecule has 0 spiro atoms. The Balaban J connectivity index is 2.43. The second-order valence-corrected chi connectivity index (χ2v) is 4.91. The molecular weight excluding hydrogens is 302 g/mol. The van der Waals surface area contributed by atoms with E-state index < -0.39 is 11.6 Å². The summed E-state index contributed by atoms with van der Waals surface area (Å²) in [4.78, 5) is 4.09. The van der Waals surface area contributed by atoms with Crippen LogP contribution in [0.3, 0.4) is 0 Å². The van der Waals surface area contributed by atoms with Crippen LogP contribution < -0.4 is 5.32 Å². The minimum Gasteiger partial charge on any atom is -0.335 e. The molecule has 0 saturated carbocycles. The number of anilines is 2. The molecule has 0 aliphatic heterocycles. The first-order valence-corrected chi connectivity index (χ1v) is 6.12. The molecule has 1 N–H and O–H groups in total. The molecule has 5 heteroatoms. The summed E-state index contributed by atoms with van der Waals surface area (Å²) < 4.78 is 28.2. The minimum atomic E-state index is -0.637. The summed E-state index contributed by atoms with van der Waals surface area (Å²) in [7, 11) is 0. The third-order valence-corrected chi connectivity index (χ3v) is 3.01. The zero-order valence-corrected chi connectivity index (χ0v) is 11.5. The highest BCUT2D eigenvalue weighted by atomic mass is 79.9. The number of hydrogen-bond donors (Lipinski definition) is 1.